The summed E-state index contributed by atoms with van der Waals surface area (Å²) in [6, 6.07) is 3.34. The first-order chi connectivity index (χ1) is 12.5. The predicted molar refractivity (Wildman–Crippen MR) is 91.9 cm³/mol. The number of aromatic amines is 1. The minimum absolute atomic E-state index is 0.153. The Hall–Kier alpha value is -3.01. The zero-order valence-electron chi connectivity index (χ0n) is 14.7. The van der Waals surface area contributed by atoms with E-state index in [2.05, 4.69) is 25.5 Å². The summed E-state index contributed by atoms with van der Waals surface area (Å²) in [4.78, 5) is 35.7. The zero-order valence-corrected chi connectivity index (χ0v) is 14.7. The average Bonchev–Trinajstić information content (AvgIpc) is 3.15. The fourth-order valence-corrected chi connectivity index (χ4v) is 2.55. The molecule has 0 radical (unpaired) electrons. The van der Waals surface area contributed by atoms with E-state index in [9.17, 15) is 9.59 Å². The smallest absolute Gasteiger partial charge is 0.317 e. The number of hydrogen-bond acceptors (Lipinski definition) is 6. The van der Waals surface area contributed by atoms with E-state index < -0.39 is 6.10 Å². The number of nitrogens with zero attached hydrogens (tertiary/aromatic N) is 5. The van der Waals surface area contributed by atoms with Crippen molar-refractivity contribution >= 4 is 11.9 Å². The largest absolute Gasteiger partial charge is 0.365 e. The lowest BCUT2D eigenvalue weighted by Gasteiger charge is -2.33. The monoisotopic (exact) mass is 359 g/mol. The summed E-state index contributed by atoms with van der Waals surface area (Å²) in [5.41, 5.74) is 0.840. The van der Waals surface area contributed by atoms with Gasteiger partial charge in [-0.1, -0.05) is 0 Å². The molecule has 26 heavy (non-hydrogen) atoms. The molecule has 138 valence electrons. The normalized spacial score (nSPS) is 17.0. The summed E-state index contributed by atoms with van der Waals surface area (Å²) in [6.07, 6.45) is 2.70. The van der Waals surface area contributed by atoms with Crippen LogP contribution in [0.2, 0.25) is 0 Å². The Morgan fingerprint density at radius 1 is 1.38 bits per heavy atom. The van der Waals surface area contributed by atoms with Crippen LogP contribution in [-0.4, -0.2) is 81.8 Å². The van der Waals surface area contributed by atoms with Gasteiger partial charge in [0, 0.05) is 38.6 Å². The first kappa shape index (κ1) is 17.8. The van der Waals surface area contributed by atoms with Gasteiger partial charge in [0.05, 0.1) is 19.7 Å². The number of morpholine rings is 1. The number of rotatable bonds is 4. The van der Waals surface area contributed by atoms with Crippen LogP contribution < -0.4 is 5.32 Å². The Bertz CT molecular complexity index is 762. The summed E-state index contributed by atoms with van der Waals surface area (Å²) in [5.74, 6) is 0.929. The number of amides is 3. The van der Waals surface area contributed by atoms with Crippen LogP contribution in [0.5, 0.6) is 0 Å². The van der Waals surface area contributed by atoms with Crippen molar-refractivity contribution in [3.05, 3.63) is 30.4 Å². The minimum Gasteiger partial charge on any atom is -0.365 e. The fraction of sp³-hybridized carbons (Fsp3) is 0.438. The molecule has 0 spiro atoms. The van der Waals surface area contributed by atoms with Crippen molar-refractivity contribution in [2.75, 3.05) is 33.8 Å². The van der Waals surface area contributed by atoms with Crippen molar-refractivity contribution < 1.29 is 14.3 Å². The molecule has 1 fully saturated rings. The Kier molecular flexibility index (Phi) is 5.42. The van der Waals surface area contributed by atoms with Gasteiger partial charge in [-0.05, 0) is 12.1 Å². The minimum atomic E-state index is -0.631. The molecule has 1 atom stereocenters. The van der Waals surface area contributed by atoms with Crippen molar-refractivity contribution in [3.8, 4) is 11.4 Å². The van der Waals surface area contributed by atoms with Gasteiger partial charge in [0.1, 0.15) is 5.82 Å². The zero-order chi connectivity index (χ0) is 18.5. The van der Waals surface area contributed by atoms with Gasteiger partial charge in [0.25, 0.3) is 5.91 Å². The second kappa shape index (κ2) is 7.91. The highest BCUT2D eigenvalue weighted by molar-refractivity contribution is 5.82. The Morgan fingerprint density at radius 2 is 2.15 bits per heavy atom. The van der Waals surface area contributed by atoms with Gasteiger partial charge in [-0.15, -0.1) is 0 Å². The number of urea groups is 1. The van der Waals surface area contributed by atoms with Crippen molar-refractivity contribution in [2.24, 2.45) is 0 Å². The van der Waals surface area contributed by atoms with Crippen LogP contribution in [0.25, 0.3) is 11.4 Å². The molecule has 1 aliphatic heterocycles. The van der Waals surface area contributed by atoms with E-state index >= 15 is 0 Å². The molecule has 0 bridgehead atoms. The highest BCUT2D eigenvalue weighted by atomic mass is 16.5. The summed E-state index contributed by atoms with van der Waals surface area (Å²) < 4.78 is 5.45. The van der Waals surface area contributed by atoms with Crippen LogP contribution in [0.1, 0.15) is 5.82 Å². The van der Waals surface area contributed by atoms with E-state index in [1.165, 1.54) is 4.90 Å². The number of hydrogen-bond donors (Lipinski definition) is 2. The highest BCUT2D eigenvalue weighted by Gasteiger charge is 2.30. The second-order valence-electron chi connectivity index (χ2n) is 6.04. The van der Waals surface area contributed by atoms with E-state index in [1.54, 1.807) is 43.5 Å². The molecule has 10 nitrogen and oxygen atoms in total. The van der Waals surface area contributed by atoms with Crippen LogP contribution >= 0.6 is 0 Å². The first-order valence-electron chi connectivity index (χ1n) is 8.22. The molecule has 2 N–H and O–H groups in total. The van der Waals surface area contributed by atoms with Crippen LogP contribution in [-0.2, 0) is 16.1 Å². The molecule has 0 unspecified atom stereocenters. The average molecular weight is 359 g/mol. The molecule has 0 aromatic carbocycles. The third-order valence-electron chi connectivity index (χ3n) is 3.95. The van der Waals surface area contributed by atoms with E-state index in [1.807, 2.05) is 0 Å². The number of nitrogens with one attached hydrogen (secondary N) is 2. The van der Waals surface area contributed by atoms with Crippen molar-refractivity contribution in [1.82, 2.24) is 35.3 Å². The maximum Gasteiger partial charge on any atom is 0.317 e. The highest BCUT2D eigenvalue weighted by Crippen LogP contribution is 2.12. The number of likely N-dealkylation sites (N-methyl/N-ethyl adjacent to an activating group) is 1. The molecule has 1 aliphatic rings. The van der Waals surface area contributed by atoms with Crippen molar-refractivity contribution in [2.45, 2.75) is 12.6 Å². The van der Waals surface area contributed by atoms with Gasteiger partial charge in [-0.2, -0.15) is 5.10 Å². The topological polar surface area (TPSA) is 116 Å². The number of carbonyl (C=O) groups excluding carboxylic acids is 2. The molecule has 2 aromatic rings. The molecule has 3 amide bonds. The maximum absolute atomic E-state index is 12.4. The Labute approximate surface area is 150 Å². The Balaban J connectivity index is 1.54. The maximum atomic E-state index is 12.4. The second-order valence-corrected chi connectivity index (χ2v) is 6.04. The molecular weight excluding hydrogens is 338 g/mol. The van der Waals surface area contributed by atoms with E-state index in [0.717, 1.165) is 5.56 Å². The van der Waals surface area contributed by atoms with E-state index in [0.29, 0.717) is 24.8 Å². The van der Waals surface area contributed by atoms with Crippen LogP contribution in [0.4, 0.5) is 4.79 Å². The summed E-state index contributed by atoms with van der Waals surface area (Å²) in [7, 11) is 3.32. The third kappa shape index (κ3) is 4.14. The first-order valence-corrected chi connectivity index (χ1v) is 8.22. The van der Waals surface area contributed by atoms with Gasteiger partial charge in [0.2, 0.25) is 0 Å². The number of carbonyl (C=O) groups is 2. The van der Waals surface area contributed by atoms with Gasteiger partial charge >= 0.3 is 6.03 Å². The number of ether oxygens (including phenoxy) is 1. The quantitative estimate of drug-likeness (QED) is 0.785. The van der Waals surface area contributed by atoms with E-state index in [4.69, 9.17) is 4.74 Å². The molecule has 1 saturated heterocycles. The molecular formula is C16H21N7O3. The summed E-state index contributed by atoms with van der Waals surface area (Å²) in [5, 5.41) is 9.72. The van der Waals surface area contributed by atoms with Crippen molar-refractivity contribution in [1.29, 1.82) is 0 Å². The van der Waals surface area contributed by atoms with Crippen LogP contribution in [0.15, 0.2) is 24.5 Å². The number of H-pyrrole nitrogens is 1. The lowest BCUT2D eigenvalue weighted by molar-refractivity contribution is -0.145. The molecule has 0 aliphatic carbocycles. The fourth-order valence-electron chi connectivity index (χ4n) is 2.55. The summed E-state index contributed by atoms with van der Waals surface area (Å²) in [6.45, 7) is 1.19. The molecule has 10 heteroatoms. The van der Waals surface area contributed by atoms with Gasteiger partial charge < -0.3 is 19.9 Å². The third-order valence-corrected chi connectivity index (χ3v) is 3.95. The van der Waals surface area contributed by atoms with Crippen molar-refractivity contribution in [3.63, 3.8) is 0 Å². The van der Waals surface area contributed by atoms with Gasteiger partial charge in [-0.25, -0.2) is 9.78 Å². The number of pyridine rings is 1. The van der Waals surface area contributed by atoms with Gasteiger partial charge in [-0.3, -0.25) is 14.9 Å². The molecule has 0 saturated carbocycles. The lowest BCUT2D eigenvalue weighted by atomic mass is 10.2. The Morgan fingerprint density at radius 3 is 2.88 bits per heavy atom. The SMILES string of the molecule is CN(C)C(=O)[C@@H]1CN(C(=O)NCc2nc(-c3ccncc3)n[nH]2)CCO1. The predicted octanol–water partition coefficient (Wildman–Crippen LogP) is -0.135. The standard InChI is InChI=1S/C16H21N7O3/c1-22(2)15(24)12-10-23(7-8-26-12)16(25)18-9-13-19-14(21-20-13)11-3-5-17-6-4-11/h3-6,12H,7-10H2,1-2H3,(H,18,25)(H,19,20,21)/t12-/m0/s1. The lowest BCUT2D eigenvalue weighted by Crippen LogP contribution is -2.53. The van der Waals surface area contributed by atoms with Crippen LogP contribution in [0.3, 0.4) is 0 Å². The van der Waals surface area contributed by atoms with Crippen LogP contribution in [0, 0.1) is 0 Å². The molecule has 3 heterocycles. The molecule has 2 aromatic heterocycles. The molecule has 3 rings (SSSR count). The van der Waals surface area contributed by atoms with Gasteiger partial charge in [0.15, 0.2) is 11.9 Å². The summed E-state index contributed by atoms with van der Waals surface area (Å²) >= 11 is 0. The van der Waals surface area contributed by atoms with E-state index in [-0.39, 0.29) is 25.0 Å². The number of aromatic nitrogens is 4.